The van der Waals surface area contributed by atoms with E-state index in [9.17, 15) is 4.79 Å². The molecule has 0 aliphatic heterocycles. The second-order valence-electron chi connectivity index (χ2n) is 4.81. The van der Waals surface area contributed by atoms with Gasteiger partial charge in [-0.2, -0.15) is 0 Å². The summed E-state index contributed by atoms with van der Waals surface area (Å²) in [6.07, 6.45) is 0. The summed E-state index contributed by atoms with van der Waals surface area (Å²) in [6.45, 7) is 3.72. The monoisotopic (exact) mass is 338 g/mol. The predicted octanol–water partition coefficient (Wildman–Crippen LogP) is 4.91. The van der Waals surface area contributed by atoms with Crippen molar-refractivity contribution in [3.63, 3.8) is 0 Å². The van der Waals surface area contributed by atoms with Gasteiger partial charge in [0.1, 0.15) is 10.7 Å². The average molecular weight is 339 g/mol. The normalized spacial score (nSPS) is 12.8. The van der Waals surface area contributed by atoms with Crippen molar-refractivity contribution in [2.24, 2.45) is 0 Å². The maximum atomic E-state index is 12.3. The van der Waals surface area contributed by atoms with Gasteiger partial charge in [0.15, 0.2) is 0 Å². The molecule has 0 aliphatic rings. The number of H-pyrrole nitrogens is 1. The van der Waals surface area contributed by atoms with Crippen LogP contribution in [0, 0.1) is 6.92 Å². The molecule has 0 spiro atoms. The molecule has 3 rings (SSSR count). The fourth-order valence-corrected chi connectivity index (χ4v) is 3.65. The molecule has 0 radical (unpaired) electrons. The van der Waals surface area contributed by atoms with Gasteiger partial charge in [-0.05, 0) is 37.1 Å². The highest BCUT2D eigenvalue weighted by Crippen LogP contribution is 2.36. The van der Waals surface area contributed by atoms with E-state index in [1.165, 1.54) is 11.3 Å². The van der Waals surface area contributed by atoms with Crippen molar-refractivity contribution < 1.29 is 0 Å². The summed E-state index contributed by atoms with van der Waals surface area (Å²) >= 11 is 13.4. The van der Waals surface area contributed by atoms with Crippen LogP contribution in [0.3, 0.4) is 0 Å². The number of aryl methyl sites for hydroxylation is 1. The van der Waals surface area contributed by atoms with Crippen LogP contribution in [0.5, 0.6) is 0 Å². The summed E-state index contributed by atoms with van der Waals surface area (Å²) < 4.78 is 0. The summed E-state index contributed by atoms with van der Waals surface area (Å²) in [5.41, 5.74) is 1.82. The zero-order chi connectivity index (χ0) is 15.1. The Labute approximate surface area is 135 Å². The van der Waals surface area contributed by atoms with Crippen LogP contribution >= 0.6 is 34.5 Å². The molecule has 2 heterocycles. The van der Waals surface area contributed by atoms with E-state index in [0.29, 0.717) is 21.1 Å². The van der Waals surface area contributed by atoms with Crippen molar-refractivity contribution in [3.05, 3.63) is 51.0 Å². The minimum absolute atomic E-state index is 0.142. The van der Waals surface area contributed by atoms with Crippen LogP contribution < -0.4 is 5.56 Å². The third kappa shape index (κ3) is 2.59. The Kier molecular flexibility index (Phi) is 3.78. The quantitative estimate of drug-likeness (QED) is 0.674. The maximum Gasteiger partial charge on any atom is 0.259 e. The number of benzene rings is 1. The third-order valence-electron chi connectivity index (χ3n) is 3.30. The second kappa shape index (κ2) is 5.44. The van der Waals surface area contributed by atoms with E-state index in [1.54, 1.807) is 6.92 Å². The van der Waals surface area contributed by atoms with Crippen molar-refractivity contribution in [1.82, 2.24) is 9.97 Å². The van der Waals surface area contributed by atoms with Crippen LogP contribution in [0.15, 0.2) is 29.1 Å². The number of aromatic amines is 1. The van der Waals surface area contributed by atoms with E-state index < -0.39 is 0 Å². The standard InChI is InChI=1S/C15H12Cl2N2OS/c1-7-11-14(20)18-13(8(2)16)19-15(11)21-12(7)9-3-5-10(17)6-4-9/h3-6,8H,1-2H3,(H,18,19,20). The lowest BCUT2D eigenvalue weighted by Gasteiger charge is -2.01. The predicted molar refractivity (Wildman–Crippen MR) is 89.7 cm³/mol. The van der Waals surface area contributed by atoms with Gasteiger partial charge < -0.3 is 4.98 Å². The number of rotatable bonds is 2. The number of halogens is 2. The Morgan fingerprint density at radius 1 is 1.29 bits per heavy atom. The highest BCUT2D eigenvalue weighted by Gasteiger charge is 2.16. The molecule has 1 N–H and O–H groups in total. The van der Waals surface area contributed by atoms with E-state index in [4.69, 9.17) is 23.2 Å². The Hall–Kier alpha value is -1.36. The molecule has 0 saturated heterocycles. The van der Waals surface area contributed by atoms with Crippen LogP contribution in [-0.2, 0) is 0 Å². The molecule has 21 heavy (non-hydrogen) atoms. The molecule has 0 amide bonds. The molecule has 6 heteroatoms. The van der Waals surface area contributed by atoms with Gasteiger partial charge in [0.25, 0.3) is 5.56 Å². The molecule has 3 nitrogen and oxygen atoms in total. The number of alkyl halides is 1. The molecule has 1 unspecified atom stereocenters. The zero-order valence-electron chi connectivity index (χ0n) is 11.4. The van der Waals surface area contributed by atoms with Gasteiger partial charge in [-0.25, -0.2) is 4.98 Å². The maximum absolute atomic E-state index is 12.3. The van der Waals surface area contributed by atoms with Crippen molar-refractivity contribution in [3.8, 4) is 10.4 Å². The van der Waals surface area contributed by atoms with Gasteiger partial charge in [-0.15, -0.1) is 22.9 Å². The van der Waals surface area contributed by atoms with Crippen LogP contribution in [0.4, 0.5) is 0 Å². The number of nitrogens with zero attached hydrogens (tertiary/aromatic N) is 1. The number of aromatic nitrogens is 2. The number of hydrogen-bond donors (Lipinski definition) is 1. The first-order valence-electron chi connectivity index (χ1n) is 6.40. The number of thiophene rings is 1. The van der Waals surface area contributed by atoms with Crippen LogP contribution in [0.1, 0.15) is 23.7 Å². The molecule has 108 valence electrons. The molecule has 0 saturated carbocycles. The minimum Gasteiger partial charge on any atom is -0.309 e. The summed E-state index contributed by atoms with van der Waals surface area (Å²) in [5, 5.41) is 0.987. The minimum atomic E-state index is -0.330. The lowest BCUT2D eigenvalue weighted by Crippen LogP contribution is -2.11. The Morgan fingerprint density at radius 2 is 1.95 bits per heavy atom. The van der Waals surface area contributed by atoms with Crippen molar-refractivity contribution in [2.75, 3.05) is 0 Å². The lowest BCUT2D eigenvalue weighted by atomic mass is 10.1. The van der Waals surface area contributed by atoms with E-state index in [-0.39, 0.29) is 10.9 Å². The zero-order valence-corrected chi connectivity index (χ0v) is 13.7. The highest BCUT2D eigenvalue weighted by molar-refractivity contribution is 7.22. The van der Waals surface area contributed by atoms with Gasteiger partial charge in [-0.1, -0.05) is 23.7 Å². The lowest BCUT2D eigenvalue weighted by molar-refractivity contribution is 0.917. The van der Waals surface area contributed by atoms with E-state index in [2.05, 4.69) is 9.97 Å². The summed E-state index contributed by atoms with van der Waals surface area (Å²) in [6, 6.07) is 7.56. The Bertz CT molecular complexity index is 866. The van der Waals surface area contributed by atoms with Gasteiger partial charge in [0, 0.05) is 9.90 Å². The first-order chi connectivity index (χ1) is 9.97. The SMILES string of the molecule is Cc1c(-c2ccc(Cl)cc2)sc2nc(C(C)Cl)[nH]c(=O)c12. The molecule has 3 aromatic rings. The summed E-state index contributed by atoms with van der Waals surface area (Å²) in [4.78, 5) is 21.2. The largest absolute Gasteiger partial charge is 0.309 e. The molecule has 0 bridgehead atoms. The molecular formula is C15H12Cl2N2OS. The van der Waals surface area contributed by atoms with Crippen LogP contribution in [0.25, 0.3) is 20.7 Å². The van der Waals surface area contributed by atoms with Crippen molar-refractivity contribution in [2.45, 2.75) is 19.2 Å². The average Bonchev–Trinajstić information content (AvgIpc) is 2.77. The molecule has 1 aromatic carbocycles. The summed E-state index contributed by atoms with van der Waals surface area (Å²) in [5.74, 6) is 0.498. The molecule has 1 atom stereocenters. The highest BCUT2D eigenvalue weighted by atomic mass is 35.5. The smallest absolute Gasteiger partial charge is 0.259 e. The molecule has 2 aromatic heterocycles. The van der Waals surface area contributed by atoms with Gasteiger partial charge >= 0.3 is 0 Å². The number of fused-ring (bicyclic) bond motifs is 1. The van der Waals surface area contributed by atoms with E-state index >= 15 is 0 Å². The first kappa shape index (κ1) is 14.6. The van der Waals surface area contributed by atoms with E-state index in [0.717, 1.165) is 16.0 Å². The second-order valence-corrected chi connectivity index (χ2v) is 6.90. The summed E-state index contributed by atoms with van der Waals surface area (Å²) in [7, 11) is 0. The van der Waals surface area contributed by atoms with Crippen LogP contribution in [-0.4, -0.2) is 9.97 Å². The van der Waals surface area contributed by atoms with E-state index in [1.807, 2.05) is 31.2 Å². The van der Waals surface area contributed by atoms with Crippen LogP contribution in [0.2, 0.25) is 5.02 Å². The van der Waals surface area contributed by atoms with Crippen molar-refractivity contribution >= 4 is 44.8 Å². The van der Waals surface area contributed by atoms with Gasteiger partial charge in [0.2, 0.25) is 0 Å². The fraction of sp³-hybridized carbons (Fsp3) is 0.200. The van der Waals surface area contributed by atoms with Gasteiger partial charge in [-0.3, -0.25) is 4.79 Å². The molecular weight excluding hydrogens is 327 g/mol. The van der Waals surface area contributed by atoms with Crippen molar-refractivity contribution in [1.29, 1.82) is 0 Å². The number of nitrogens with one attached hydrogen (secondary N) is 1. The Balaban J connectivity index is 2.26. The third-order valence-corrected chi connectivity index (χ3v) is 5.00. The first-order valence-corrected chi connectivity index (χ1v) is 8.04. The Morgan fingerprint density at radius 3 is 2.57 bits per heavy atom. The fourth-order valence-electron chi connectivity index (χ4n) is 2.23. The number of hydrogen-bond acceptors (Lipinski definition) is 3. The molecule has 0 aliphatic carbocycles. The van der Waals surface area contributed by atoms with Gasteiger partial charge in [0.05, 0.1) is 10.8 Å². The topological polar surface area (TPSA) is 45.8 Å². The molecule has 0 fully saturated rings.